The second-order valence-electron chi connectivity index (χ2n) is 6.52. The van der Waals surface area contributed by atoms with E-state index in [0.29, 0.717) is 27.3 Å². The van der Waals surface area contributed by atoms with Gasteiger partial charge in [0.05, 0.1) is 5.69 Å². The Kier molecular flexibility index (Phi) is 5.10. The largest absolute Gasteiger partial charge is 0.321 e. The van der Waals surface area contributed by atoms with Crippen LogP contribution in [0, 0.1) is 36.0 Å². The average Bonchev–Trinajstić information content (AvgIpc) is 3.14. The van der Waals surface area contributed by atoms with Gasteiger partial charge in [-0.15, -0.1) is 10.2 Å². The summed E-state index contributed by atoms with van der Waals surface area (Å²) in [6.07, 6.45) is 0. The van der Waals surface area contributed by atoms with Crippen LogP contribution in [-0.2, 0) is 0 Å². The number of rotatable bonds is 3. The highest BCUT2D eigenvalue weighted by Gasteiger charge is 2.30. The lowest BCUT2D eigenvalue weighted by Gasteiger charge is -2.11. The van der Waals surface area contributed by atoms with Crippen LogP contribution in [-0.4, -0.2) is 20.9 Å². The molecule has 31 heavy (non-hydrogen) atoms. The Hall–Kier alpha value is -3.53. The molecule has 0 unspecified atom stereocenters. The van der Waals surface area contributed by atoms with Crippen molar-refractivity contribution in [3.63, 3.8) is 0 Å². The maximum Gasteiger partial charge on any atom is 0.261 e. The summed E-state index contributed by atoms with van der Waals surface area (Å²) in [6.45, 7) is 1.56. The molecule has 5 nitrogen and oxygen atoms in total. The summed E-state index contributed by atoms with van der Waals surface area (Å²) in [5, 5.41) is 11.2. The van der Waals surface area contributed by atoms with Crippen molar-refractivity contribution in [3.8, 4) is 5.69 Å². The summed E-state index contributed by atoms with van der Waals surface area (Å²) < 4.78 is 67.8. The van der Waals surface area contributed by atoms with Crippen molar-refractivity contribution in [1.29, 1.82) is 0 Å². The molecular formula is C20H10ClF5N4O. The molecule has 1 heterocycles. The number of aromatic nitrogens is 3. The SMILES string of the molecule is Cc1cc2nn(-c3ccc(Cl)cc3)nc2cc1NC(=O)c1c(F)c(F)c(F)c(F)c1F. The zero-order chi connectivity index (χ0) is 22.4. The second-order valence-corrected chi connectivity index (χ2v) is 6.96. The van der Waals surface area contributed by atoms with Gasteiger partial charge in [0.15, 0.2) is 23.3 Å². The van der Waals surface area contributed by atoms with Crippen LogP contribution in [0.25, 0.3) is 16.7 Å². The predicted molar refractivity (Wildman–Crippen MR) is 103 cm³/mol. The van der Waals surface area contributed by atoms with E-state index in [2.05, 4.69) is 15.5 Å². The average molecular weight is 453 g/mol. The van der Waals surface area contributed by atoms with E-state index in [1.54, 1.807) is 37.3 Å². The van der Waals surface area contributed by atoms with E-state index in [0.717, 1.165) is 0 Å². The number of carbonyl (C=O) groups excluding carboxylic acids is 1. The smallest absolute Gasteiger partial charge is 0.261 e. The van der Waals surface area contributed by atoms with Gasteiger partial charge >= 0.3 is 0 Å². The van der Waals surface area contributed by atoms with Crippen LogP contribution >= 0.6 is 11.6 Å². The topological polar surface area (TPSA) is 59.8 Å². The first-order chi connectivity index (χ1) is 14.7. The number of benzene rings is 3. The van der Waals surface area contributed by atoms with Crippen molar-refractivity contribution in [1.82, 2.24) is 15.0 Å². The first-order valence-electron chi connectivity index (χ1n) is 8.63. The quantitative estimate of drug-likeness (QED) is 0.260. The molecular weight excluding hydrogens is 443 g/mol. The van der Waals surface area contributed by atoms with Gasteiger partial charge in [0.1, 0.15) is 16.6 Å². The molecule has 0 fully saturated rings. The molecule has 0 aliphatic carbocycles. The number of nitrogens with zero attached hydrogens (tertiary/aromatic N) is 3. The summed E-state index contributed by atoms with van der Waals surface area (Å²) in [7, 11) is 0. The number of fused-ring (bicyclic) bond motifs is 1. The molecule has 0 radical (unpaired) electrons. The van der Waals surface area contributed by atoms with Crippen LogP contribution < -0.4 is 5.32 Å². The Morgan fingerprint density at radius 1 is 0.871 bits per heavy atom. The Balaban J connectivity index is 1.72. The minimum Gasteiger partial charge on any atom is -0.321 e. The van der Waals surface area contributed by atoms with Crippen molar-refractivity contribution >= 4 is 34.2 Å². The summed E-state index contributed by atoms with van der Waals surface area (Å²) in [5.74, 6) is -12.7. The molecule has 4 aromatic rings. The molecule has 0 spiro atoms. The first-order valence-corrected chi connectivity index (χ1v) is 9.01. The van der Waals surface area contributed by atoms with E-state index in [1.807, 2.05) is 0 Å². The fourth-order valence-corrected chi connectivity index (χ4v) is 3.01. The molecule has 0 aliphatic rings. The van der Waals surface area contributed by atoms with E-state index in [4.69, 9.17) is 11.6 Å². The monoisotopic (exact) mass is 452 g/mol. The molecule has 0 saturated heterocycles. The number of aryl methyl sites for hydroxylation is 1. The lowest BCUT2D eigenvalue weighted by Crippen LogP contribution is -2.19. The third kappa shape index (κ3) is 3.59. The molecule has 0 atom stereocenters. The lowest BCUT2D eigenvalue weighted by molar-refractivity contribution is 0.101. The van der Waals surface area contributed by atoms with Crippen molar-refractivity contribution in [2.45, 2.75) is 6.92 Å². The van der Waals surface area contributed by atoms with Crippen LogP contribution in [0.5, 0.6) is 0 Å². The highest BCUT2D eigenvalue weighted by Crippen LogP contribution is 2.26. The van der Waals surface area contributed by atoms with Gasteiger partial charge < -0.3 is 5.32 Å². The van der Waals surface area contributed by atoms with Crippen molar-refractivity contribution < 1.29 is 26.7 Å². The van der Waals surface area contributed by atoms with Crippen molar-refractivity contribution in [3.05, 3.63) is 81.6 Å². The van der Waals surface area contributed by atoms with Gasteiger partial charge in [-0.25, -0.2) is 22.0 Å². The fourth-order valence-electron chi connectivity index (χ4n) is 2.88. The third-order valence-electron chi connectivity index (χ3n) is 4.47. The maximum atomic E-state index is 13.9. The number of hydrogen-bond acceptors (Lipinski definition) is 3. The third-order valence-corrected chi connectivity index (χ3v) is 4.72. The van der Waals surface area contributed by atoms with E-state index in [1.165, 1.54) is 10.9 Å². The number of hydrogen-bond donors (Lipinski definition) is 1. The minimum atomic E-state index is -2.34. The zero-order valence-corrected chi connectivity index (χ0v) is 16.2. The Morgan fingerprint density at radius 2 is 1.39 bits per heavy atom. The van der Waals surface area contributed by atoms with E-state index in [9.17, 15) is 26.7 Å². The number of carbonyl (C=O) groups is 1. The molecule has 1 N–H and O–H groups in total. The van der Waals surface area contributed by atoms with Gasteiger partial charge in [-0.2, -0.15) is 4.80 Å². The number of amides is 1. The Morgan fingerprint density at radius 3 is 1.97 bits per heavy atom. The fraction of sp³-hybridized carbons (Fsp3) is 0.0500. The molecule has 158 valence electrons. The Labute approximate surface area is 176 Å². The van der Waals surface area contributed by atoms with Crippen LogP contribution in [0.2, 0.25) is 5.02 Å². The molecule has 4 rings (SSSR count). The molecule has 11 heteroatoms. The maximum absolute atomic E-state index is 13.9. The standard InChI is InChI=1S/C20H10ClF5N4O/c1-8-6-12-13(29-30(28-12)10-4-2-9(21)3-5-10)7-11(8)27-20(31)14-15(22)17(24)19(26)18(25)16(14)23/h2-7H,1H3,(H,27,31). The highest BCUT2D eigenvalue weighted by atomic mass is 35.5. The van der Waals surface area contributed by atoms with Crippen LogP contribution in [0.3, 0.4) is 0 Å². The molecule has 0 aliphatic heterocycles. The minimum absolute atomic E-state index is 0.0598. The van der Waals surface area contributed by atoms with Gasteiger partial charge in [-0.05, 0) is 48.9 Å². The van der Waals surface area contributed by atoms with Crippen LogP contribution in [0.4, 0.5) is 27.6 Å². The molecule has 0 saturated carbocycles. The number of anilines is 1. The van der Waals surface area contributed by atoms with Gasteiger partial charge in [-0.3, -0.25) is 4.79 Å². The zero-order valence-electron chi connectivity index (χ0n) is 15.5. The molecule has 3 aromatic carbocycles. The predicted octanol–water partition coefficient (Wildman–Crippen LogP) is 5.33. The molecule has 0 bridgehead atoms. The number of halogens is 6. The van der Waals surface area contributed by atoms with E-state index < -0.39 is 40.6 Å². The molecule has 1 amide bonds. The van der Waals surface area contributed by atoms with Gasteiger partial charge in [0, 0.05) is 10.7 Å². The Bertz CT molecular complexity index is 1330. The summed E-state index contributed by atoms with van der Waals surface area (Å²) in [6, 6.07) is 9.56. The van der Waals surface area contributed by atoms with Gasteiger partial charge in [0.25, 0.3) is 5.91 Å². The second kappa shape index (κ2) is 7.62. The summed E-state index contributed by atoms with van der Waals surface area (Å²) >= 11 is 5.86. The van der Waals surface area contributed by atoms with E-state index in [-0.39, 0.29) is 5.69 Å². The van der Waals surface area contributed by atoms with Crippen molar-refractivity contribution in [2.24, 2.45) is 0 Å². The lowest BCUT2D eigenvalue weighted by atomic mass is 10.1. The first kappa shape index (κ1) is 20.7. The van der Waals surface area contributed by atoms with Crippen molar-refractivity contribution in [2.75, 3.05) is 5.32 Å². The van der Waals surface area contributed by atoms with Crippen LogP contribution in [0.1, 0.15) is 15.9 Å². The molecule has 1 aromatic heterocycles. The number of nitrogens with one attached hydrogen (secondary N) is 1. The summed E-state index contributed by atoms with van der Waals surface area (Å²) in [4.78, 5) is 13.6. The highest BCUT2D eigenvalue weighted by molar-refractivity contribution is 6.30. The van der Waals surface area contributed by atoms with Gasteiger partial charge in [-0.1, -0.05) is 11.6 Å². The normalized spacial score (nSPS) is 11.2. The van der Waals surface area contributed by atoms with E-state index >= 15 is 0 Å². The van der Waals surface area contributed by atoms with Gasteiger partial charge in [0.2, 0.25) is 5.82 Å². The summed E-state index contributed by atoms with van der Waals surface area (Å²) in [5.41, 5.74) is 0.262. The van der Waals surface area contributed by atoms with Crippen LogP contribution in [0.15, 0.2) is 36.4 Å².